The van der Waals surface area contributed by atoms with Crippen molar-refractivity contribution in [1.82, 2.24) is 0 Å². The minimum Gasteiger partial charge on any atom is -0.466 e. The average molecular weight is 304 g/mol. The van der Waals surface area contributed by atoms with Crippen molar-refractivity contribution < 1.29 is 28.5 Å². The first-order chi connectivity index (χ1) is 9.81. The van der Waals surface area contributed by atoms with E-state index in [1.54, 1.807) is 28.3 Å². The van der Waals surface area contributed by atoms with E-state index >= 15 is 0 Å². The van der Waals surface area contributed by atoms with Crippen LogP contribution >= 0.6 is 0 Å². The first-order valence-electron chi connectivity index (χ1n) is 7.30. The molecule has 0 N–H and O–H groups in total. The predicted molar refractivity (Wildman–Crippen MR) is 76.7 cm³/mol. The summed E-state index contributed by atoms with van der Waals surface area (Å²) in [5.41, 5.74) is 0. The van der Waals surface area contributed by atoms with Crippen LogP contribution in [0, 0.1) is 5.92 Å². The van der Waals surface area contributed by atoms with Crippen LogP contribution in [0.4, 0.5) is 0 Å². The summed E-state index contributed by atoms with van der Waals surface area (Å²) in [6.45, 7) is 5.85. The molecule has 6 nitrogen and oxygen atoms in total. The maximum atomic E-state index is 11.8. The molecular weight excluding hydrogens is 276 g/mol. The van der Waals surface area contributed by atoms with Crippen molar-refractivity contribution in [2.24, 2.45) is 5.92 Å². The molecule has 0 saturated heterocycles. The quantitative estimate of drug-likeness (QED) is 0.505. The molecule has 0 aromatic carbocycles. The Bertz CT molecular complexity index is 337. The number of carbonyl (C=O) groups excluding carboxylic acids is 1. The van der Waals surface area contributed by atoms with Crippen LogP contribution in [0.25, 0.3) is 0 Å². The van der Waals surface area contributed by atoms with Gasteiger partial charge in [0.05, 0.1) is 19.1 Å². The molecule has 124 valence electrons. The maximum Gasteiger partial charge on any atom is 0.306 e. The lowest BCUT2D eigenvalue weighted by atomic mass is 10.0. The highest BCUT2D eigenvalue weighted by atomic mass is 16.7. The highest BCUT2D eigenvalue weighted by Gasteiger charge is 2.49. The molecule has 0 amide bonds. The molecule has 0 aromatic heterocycles. The maximum absolute atomic E-state index is 11.8. The average Bonchev–Trinajstić information content (AvgIpc) is 2.77. The highest BCUT2D eigenvalue weighted by molar-refractivity contribution is 5.69. The summed E-state index contributed by atoms with van der Waals surface area (Å²) in [6.07, 6.45) is 1.23. The number of rotatable bonds is 8. The molecule has 6 heteroatoms. The molecule has 1 aliphatic carbocycles. The number of hydrogen-bond acceptors (Lipinski definition) is 6. The van der Waals surface area contributed by atoms with Gasteiger partial charge in [-0.25, -0.2) is 0 Å². The molecule has 0 heterocycles. The fourth-order valence-corrected chi connectivity index (χ4v) is 2.69. The standard InChI is InChI=1S/C15H28O6/c1-7-20-13(16)8-11-9-15(18-5,19-6)10-12(11)21-14(2,3)17-4/h11-12H,7-10H2,1-6H3. The lowest BCUT2D eigenvalue weighted by molar-refractivity contribution is -0.243. The van der Waals surface area contributed by atoms with Crippen LogP contribution in [0.1, 0.15) is 40.0 Å². The van der Waals surface area contributed by atoms with E-state index in [0.29, 0.717) is 19.4 Å². The molecule has 21 heavy (non-hydrogen) atoms. The Hall–Kier alpha value is -0.690. The zero-order valence-corrected chi connectivity index (χ0v) is 13.9. The molecule has 0 radical (unpaired) electrons. The van der Waals surface area contributed by atoms with E-state index in [0.717, 1.165) is 0 Å². The molecule has 1 aliphatic rings. The van der Waals surface area contributed by atoms with E-state index in [4.69, 9.17) is 23.7 Å². The van der Waals surface area contributed by atoms with Crippen LogP contribution in [0.2, 0.25) is 0 Å². The van der Waals surface area contributed by atoms with Gasteiger partial charge in [-0.3, -0.25) is 4.79 Å². The van der Waals surface area contributed by atoms with Crippen LogP contribution in [0.3, 0.4) is 0 Å². The lowest BCUT2D eigenvalue weighted by Gasteiger charge is -2.30. The second-order valence-electron chi connectivity index (χ2n) is 5.76. The van der Waals surface area contributed by atoms with Gasteiger partial charge in [-0.2, -0.15) is 0 Å². The molecular formula is C15H28O6. The SMILES string of the molecule is CCOC(=O)CC1CC(OC)(OC)CC1OC(C)(C)OC. The van der Waals surface area contributed by atoms with Crippen molar-refractivity contribution in [1.29, 1.82) is 0 Å². The van der Waals surface area contributed by atoms with Gasteiger partial charge < -0.3 is 23.7 Å². The van der Waals surface area contributed by atoms with Gasteiger partial charge >= 0.3 is 5.97 Å². The third-order valence-corrected chi connectivity index (χ3v) is 4.02. The Morgan fingerprint density at radius 3 is 2.29 bits per heavy atom. The Morgan fingerprint density at radius 1 is 1.19 bits per heavy atom. The van der Waals surface area contributed by atoms with Crippen LogP contribution in [-0.2, 0) is 28.5 Å². The number of ether oxygens (including phenoxy) is 5. The summed E-state index contributed by atoms with van der Waals surface area (Å²) in [5.74, 6) is -1.70. The highest BCUT2D eigenvalue weighted by Crippen LogP contribution is 2.42. The summed E-state index contributed by atoms with van der Waals surface area (Å²) < 4.78 is 27.4. The van der Waals surface area contributed by atoms with Crippen molar-refractivity contribution in [2.75, 3.05) is 27.9 Å². The van der Waals surface area contributed by atoms with Gasteiger partial charge in [-0.1, -0.05) is 0 Å². The smallest absolute Gasteiger partial charge is 0.306 e. The molecule has 1 saturated carbocycles. The number of hydrogen-bond donors (Lipinski definition) is 0. The van der Waals surface area contributed by atoms with Gasteiger partial charge in [-0.15, -0.1) is 0 Å². The van der Waals surface area contributed by atoms with Crippen LogP contribution in [-0.4, -0.2) is 51.6 Å². The molecule has 0 aromatic rings. The van der Waals surface area contributed by atoms with E-state index in [-0.39, 0.29) is 24.4 Å². The molecule has 1 rings (SSSR count). The molecule has 2 atom stereocenters. The fraction of sp³-hybridized carbons (Fsp3) is 0.933. The van der Waals surface area contributed by atoms with Gasteiger partial charge in [0.1, 0.15) is 0 Å². The Kier molecular flexibility index (Phi) is 6.59. The van der Waals surface area contributed by atoms with Gasteiger partial charge in [-0.05, 0) is 20.8 Å². The fourth-order valence-electron chi connectivity index (χ4n) is 2.69. The van der Waals surface area contributed by atoms with Gasteiger partial charge in [0.15, 0.2) is 11.6 Å². The third kappa shape index (κ3) is 4.92. The molecule has 0 spiro atoms. The topological polar surface area (TPSA) is 63.2 Å². The van der Waals surface area contributed by atoms with Gasteiger partial charge in [0, 0.05) is 40.1 Å². The van der Waals surface area contributed by atoms with Gasteiger partial charge in [0.2, 0.25) is 0 Å². The molecule has 1 fully saturated rings. The van der Waals surface area contributed by atoms with Crippen molar-refractivity contribution in [3.63, 3.8) is 0 Å². The zero-order valence-electron chi connectivity index (χ0n) is 13.9. The Morgan fingerprint density at radius 2 is 1.81 bits per heavy atom. The number of methoxy groups -OCH3 is 3. The largest absolute Gasteiger partial charge is 0.466 e. The molecule has 0 aliphatic heterocycles. The van der Waals surface area contributed by atoms with Gasteiger partial charge in [0.25, 0.3) is 0 Å². The van der Waals surface area contributed by atoms with Crippen molar-refractivity contribution in [3.8, 4) is 0 Å². The third-order valence-electron chi connectivity index (χ3n) is 4.02. The van der Waals surface area contributed by atoms with Crippen LogP contribution in [0.15, 0.2) is 0 Å². The summed E-state index contributed by atoms with van der Waals surface area (Å²) in [7, 11) is 4.80. The van der Waals surface area contributed by atoms with E-state index in [2.05, 4.69) is 0 Å². The molecule has 0 bridgehead atoms. The number of esters is 1. The first-order valence-corrected chi connectivity index (χ1v) is 7.30. The van der Waals surface area contributed by atoms with Crippen molar-refractivity contribution >= 4 is 5.97 Å². The lowest BCUT2D eigenvalue weighted by Crippen LogP contribution is -2.36. The normalized spacial score (nSPS) is 25.0. The Labute approximate surface area is 127 Å². The minimum absolute atomic E-state index is 0.0293. The predicted octanol–water partition coefficient (Wildman–Crippen LogP) is 2.11. The van der Waals surface area contributed by atoms with E-state index < -0.39 is 11.6 Å². The molecule has 2 unspecified atom stereocenters. The summed E-state index contributed by atoms with van der Waals surface area (Å²) in [5, 5.41) is 0. The minimum atomic E-state index is -0.727. The zero-order chi connectivity index (χ0) is 16.1. The Balaban J connectivity index is 2.81. The monoisotopic (exact) mass is 304 g/mol. The summed E-state index contributed by atoms with van der Waals surface area (Å²) in [6, 6.07) is 0. The summed E-state index contributed by atoms with van der Waals surface area (Å²) in [4.78, 5) is 11.8. The van der Waals surface area contributed by atoms with Crippen LogP contribution in [0.5, 0.6) is 0 Å². The van der Waals surface area contributed by atoms with Crippen LogP contribution < -0.4 is 0 Å². The van der Waals surface area contributed by atoms with Crippen molar-refractivity contribution in [3.05, 3.63) is 0 Å². The second-order valence-corrected chi connectivity index (χ2v) is 5.76. The van der Waals surface area contributed by atoms with E-state index in [9.17, 15) is 4.79 Å². The summed E-state index contributed by atoms with van der Waals surface area (Å²) >= 11 is 0. The van der Waals surface area contributed by atoms with E-state index in [1.807, 2.05) is 13.8 Å². The van der Waals surface area contributed by atoms with E-state index in [1.165, 1.54) is 0 Å². The second kappa shape index (κ2) is 7.54. The van der Waals surface area contributed by atoms with Crippen molar-refractivity contribution in [2.45, 2.75) is 57.7 Å². The number of carbonyl (C=O) groups is 1. The first kappa shape index (κ1) is 18.4.